The molecule has 0 spiro atoms. The number of nitrogens with zero attached hydrogens (tertiary/aromatic N) is 7. The second-order valence-corrected chi connectivity index (χ2v) is 15.5. The lowest BCUT2D eigenvalue weighted by Gasteiger charge is -2.38. The standard InChI is InChI=1S/C20H26BrN5O2.C17H24BrN3O/c21-18-4-2-1-3-17(18)13-25-9-11-26(12-10-25)20(27)16-5-7-24(8-6-16)14-19-22-15-28-23-19;18-16-4-2-1-3-15(16)13-20-9-11-21(12-10-20)17(22)14-5-7-19-8-6-14/h1-4,15-16H,5-14H2;1-4,14,19H,5-13H2. The molecule has 7 rings (SSSR count). The summed E-state index contributed by atoms with van der Waals surface area (Å²) in [7, 11) is 0. The summed E-state index contributed by atoms with van der Waals surface area (Å²) in [5, 5.41) is 7.20. The molecule has 5 heterocycles. The zero-order chi connectivity index (χ0) is 34.7. The summed E-state index contributed by atoms with van der Waals surface area (Å²) in [5.41, 5.74) is 2.62. The molecule has 11 nitrogen and oxygen atoms in total. The van der Waals surface area contributed by atoms with E-state index in [-0.39, 0.29) is 11.8 Å². The van der Waals surface area contributed by atoms with Crippen molar-refractivity contribution >= 4 is 43.7 Å². The lowest BCUT2D eigenvalue weighted by Crippen LogP contribution is -2.51. The van der Waals surface area contributed by atoms with Gasteiger partial charge in [0.15, 0.2) is 5.82 Å². The van der Waals surface area contributed by atoms with E-state index >= 15 is 0 Å². The molecule has 2 aromatic carbocycles. The predicted octanol–water partition coefficient (Wildman–Crippen LogP) is 4.48. The number of carbonyl (C=O) groups excluding carboxylic acids is 2. The van der Waals surface area contributed by atoms with Crippen molar-refractivity contribution in [3.8, 4) is 0 Å². The van der Waals surface area contributed by atoms with Crippen LogP contribution in [0.1, 0.15) is 42.6 Å². The van der Waals surface area contributed by atoms with E-state index < -0.39 is 0 Å². The van der Waals surface area contributed by atoms with E-state index in [1.807, 2.05) is 12.1 Å². The Morgan fingerprint density at radius 1 is 0.640 bits per heavy atom. The highest BCUT2D eigenvalue weighted by Gasteiger charge is 2.31. The highest BCUT2D eigenvalue weighted by atomic mass is 79.9. The van der Waals surface area contributed by atoms with Crippen molar-refractivity contribution in [3.05, 3.63) is 80.8 Å². The maximum atomic E-state index is 12.9. The van der Waals surface area contributed by atoms with Gasteiger partial charge in [0, 0.05) is 86.2 Å². The molecule has 4 aliphatic heterocycles. The molecule has 4 aliphatic rings. The summed E-state index contributed by atoms with van der Waals surface area (Å²) in [4.78, 5) is 40.9. The van der Waals surface area contributed by atoms with Crippen LogP contribution >= 0.6 is 31.9 Å². The van der Waals surface area contributed by atoms with Crippen LogP contribution in [0.2, 0.25) is 0 Å². The second kappa shape index (κ2) is 18.7. The monoisotopic (exact) mass is 812 g/mol. The van der Waals surface area contributed by atoms with Crippen molar-refractivity contribution in [1.82, 2.24) is 40.0 Å². The fourth-order valence-electron chi connectivity index (χ4n) is 7.37. The molecule has 3 aromatic rings. The predicted molar refractivity (Wildman–Crippen MR) is 200 cm³/mol. The quantitative estimate of drug-likeness (QED) is 0.353. The second-order valence-electron chi connectivity index (χ2n) is 13.8. The van der Waals surface area contributed by atoms with Gasteiger partial charge >= 0.3 is 0 Å². The number of benzene rings is 2. The third-order valence-electron chi connectivity index (χ3n) is 10.5. The molecule has 0 radical (unpaired) electrons. The van der Waals surface area contributed by atoms with Crippen LogP contribution < -0.4 is 5.32 Å². The average molecular weight is 815 g/mol. The number of halogens is 2. The van der Waals surface area contributed by atoms with E-state index in [4.69, 9.17) is 4.52 Å². The minimum atomic E-state index is 0.149. The van der Waals surface area contributed by atoms with Gasteiger partial charge in [-0.15, -0.1) is 0 Å². The smallest absolute Gasteiger partial charge is 0.225 e. The third-order valence-corrected chi connectivity index (χ3v) is 12.0. The van der Waals surface area contributed by atoms with E-state index in [0.717, 1.165) is 122 Å². The van der Waals surface area contributed by atoms with Crippen molar-refractivity contribution < 1.29 is 14.1 Å². The topological polar surface area (TPSA) is 101 Å². The summed E-state index contributed by atoms with van der Waals surface area (Å²) in [6.45, 7) is 13.6. The Morgan fingerprint density at radius 2 is 1.10 bits per heavy atom. The fraction of sp³-hybridized carbons (Fsp3) is 0.568. The summed E-state index contributed by atoms with van der Waals surface area (Å²) < 4.78 is 7.12. The maximum absolute atomic E-state index is 12.9. The number of piperazine rings is 2. The van der Waals surface area contributed by atoms with E-state index in [1.54, 1.807) is 0 Å². The number of rotatable bonds is 8. The first kappa shape index (κ1) is 37.1. The molecule has 0 unspecified atom stereocenters. The van der Waals surface area contributed by atoms with Gasteiger partial charge in [-0.25, -0.2) is 0 Å². The molecule has 4 fully saturated rings. The Morgan fingerprint density at radius 3 is 1.56 bits per heavy atom. The largest absolute Gasteiger partial charge is 0.343 e. The van der Waals surface area contributed by atoms with Gasteiger partial charge in [0.05, 0.1) is 6.54 Å². The lowest BCUT2D eigenvalue weighted by molar-refractivity contribution is -0.139. The van der Waals surface area contributed by atoms with Crippen LogP contribution in [-0.2, 0) is 29.2 Å². The first-order chi connectivity index (χ1) is 24.4. The molecule has 1 N–H and O–H groups in total. The number of nitrogens with one attached hydrogen (secondary N) is 1. The average Bonchev–Trinajstić information content (AvgIpc) is 3.68. The van der Waals surface area contributed by atoms with Crippen LogP contribution in [0.5, 0.6) is 0 Å². The van der Waals surface area contributed by atoms with Crippen LogP contribution in [0.15, 0.2) is 68.4 Å². The summed E-state index contributed by atoms with van der Waals surface area (Å²) in [6, 6.07) is 16.7. The molecule has 1 aromatic heterocycles. The van der Waals surface area contributed by atoms with E-state index in [0.29, 0.717) is 24.2 Å². The van der Waals surface area contributed by atoms with Gasteiger partial charge in [-0.1, -0.05) is 73.4 Å². The number of aromatic nitrogens is 2. The first-order valence-electron chi connectivity index (χ1n) is 18.1. The zero-order valence-corrected chi connectivity index (χ0v) is 32.1. The van der Waals surface area contributed by atoms with Gasteiger partial charge in [0.2, 0.25) is 18.2 Å². The Kier molecular flexibility index (Phi) is 13.9. The molecular weight excluding hydrogens is 764 g/mol. The van der Waals surface area contributed by atoms with Gasteiger partial charge in [-0.2, -0.15) is 4.98 Å². The van der Waals surface area contributed by atoms with Gasteiger partial charge in [-0.3, -0.25) is 24.3 Å². The van der Waals surface area contributed by atoms with Crippen LogP contribution in [0.4, 0.5) is 0 Å². The maximum Gasteiger partial charge on any atom is 0.225 e. The van der Waals surface area contributed by atoms with Crippen LogP contribution in [-0.4, -0.2) is 125 Å². The molecule has 270 valence electrons. The molecule has 4 saturated heterocycles. The van der Waals surface area contributed by atoms with Crippen molar-refractivity contribution in [2.24, 2.45) is 11.8 Å². The van der Waals surface area contributed by atoms with Crippen LogP contribution in [0.25, 0.3) is 0 Å². The minimum absolute atomic E-state index is 0.149. The van der Waals surface area contributed by atoms with Gasteiger partial charge in [-0.05, 0) is 75.1 Å². The number of likely N-dealkylation sites (tertiary alicyclic amines) is 1. The van der Waals surface area contributed by atoms with E-state index in [2.05, 4.69) is 108 Å². The number of hydrogen-bond donors (Lipinski definition) is 1. The molecule has 13 heteroatoms. The highest BCUT2D eigenvalue weighted by molar-refractivity contribution is 9.10. The highest BCUT2D eigenvalue weighted by Crippen LogP contribution is 2.24. The minimum Gasteiger partial charge on any atom is -0.343 e. The number of amides is 2. The molecule has 0 saturated carbocycles. The van der Waals surface area contributed by atoms with E-state index in [1.165, 1.54) is 22.0 Å². The molecule has 0 bridgehead atoms. The van der Waals surface area contributed by atoms with Crippen molar-refractivity contribution in [2.45, 2.75) is 45.3 Å². The van der Waals surface area contributed by atoms with Crippen molar-refractivity contribution in [2.75, 3.05) is 78.5 Å². The normalized spacial score (nSPS) is 20.4. The summed E-state index contributed by atoms with van der Waals surface area (Å²) in [6.07, 6.45) is 5.18. The first-order valence-corrected chi connectivity index (χ1v) is 19.7. The Balaban J connectivity index is 0.000000178. The number of piperidine rings is 2. The molecular formula is C37H50Br2N8O3. The molecule has 0 aliphatic carbocycles. The summed E-state index contributed by atoms with van der Waals surface area (Å²) >= 11 is 7.24. The Bertz CT molecular complexity index is 1500. The van der Waals surface area contributed by atoms with Crippen molar-refractivity contribution in [3.63, 3.8) is 0 Å². The third kappa shape index (κ3) is 10.4. The molecule has 0 atom stereocenters. The molecule has 2 amide bonds. The van der Waals surface area contributed by atoms with Crippen LogP contribution in [0.3, 0.4) is 0 Å². The number of hydrogen-bond acceptors (Lipinski definition) is 9. The Hall–Kier alpha value is -2.68. The number of carbonyl (C=O) groups is 2. The van der Waals surface area contributed by atoms with E-state index in [9.17, 15) is 9.59 Å². The van der Waals surface area contributed by atoms with Crippen LogP contribution in [0, 0.1) is 11.8 Å². The summed E-state index contributed by atoms with van der Waals surface area (Å²) in [5.74, 6) is 1.82. The Labute approximate surface area is 313 Å². The lowest BCUT2D eigenvalue weighted by atomic mass is 9.95. The van der Waals surface area contributed by atoms with Crippen molar-refractivity contribution in [1.29, 1.82) is 0 Å². The fourth-order valence-corrected chi connectivity index (χ4v) is 8.19. The van der Waals surface area contributed by atoms with Gasteiger partial charge in [0.25, 0.3) is 0 Å². The zero-order valence-electron chi connectivity index (χ0n) is 28.9. The SMILES string of the molecule is O=C(C1CCN(Cc2ncon2)CC1)N1CCN(Cc2ccccc2Br)CC1.O=C(C1CCNCC1)N1CCN(Cc2ccccc2Br)CC1. The van der Waals surface area contributed by atoms with Gasteiger partial charge < -0.3 is 19.6 Å². The molecule has 50 heavy (non-hydrogen) atoms. The van der Waals surface area contributed by atoms with Gasteiger partial charge in [0.1, 0.15) is 0 Å².